The molecule has 1 aromatic heterocycles. The van der Waals surface area contributed by atoms with Crippen molar-refractivity contribution in [1.82, 2.24) is 0 Å². The van der Waals surface area contributed by atoms with Gasteiger partial charge in [0.1, 0.15) is 5.76 Å². The number of nitro groups is 1. The highest BCUT2D eigenvalue weighted by atomic mass is 32.2. The number of hydrogen-bond acceptors (Lipinski definition) is 4. The molecule has 0 aliphatic heterocycles. The van der Waals surface area contributed by atoms with Crippen LogP contribution in [0.2, 0.25) is 0 Å². The molecular formula is C6H7NO3S. The van der Waals surface area contributed by atoms with Gasteiger partial charge in [0.15, 0.2) is 0 Å². The van der Waals surface area contributed by atoms with Gasteiger partial charge in [0.2, 0.25) is 5.09 Å². The standard InChI is InChI=1S/C6H7NO3S/c1-4-3-5(7(8)9)6(10-4)11-2/h3H,1-2H3. The van der Waals surface area contributed by atoms with Crippen LogP contribution in [-0.2, 0) is 0 Å². The fraction of sp³-hybridized carbons (Fsp3) is 0.333. The van der Waals surface area contributed by atoms with Crippen LogP contribution in [0, 0.1) is 17.0 Å². The molecule has 5 heteroatoms. The number of nitrogens with zero attached hydrogens (tertiary/aromatic N) is 1. The van der Waals surface area contributed by atoms with E-state index in [0.29, 0.717) is 10.9 Å². The summed E-state index contributed by atoms with van der Waals surface area (Å²) in [5.74, 6) is 0.570. The lowest BCUT2D eigenvalue weighted by Crippen LogP contribution is -1.85. The fourth-order valence-electron chi connectivity index (χ4n) is 0.753. The third-order valence-electron chi connectivity index (χ3n) is 1.18. The zero-order valence-electron chi connectivity index (χ0n) is 6.16. The Morgan fingerprint density at radius 3 is 2.73 bits per heavy atom. The van der Waals surface area contributed by atoms with Crippen molar-refractivity contribution in [3.8, 4) is 0 Å². The van der Waals surface area contributed by atoms with Crippen LogP contribution in [0.5, 0.6) is 0 Å². The first kappa shape index (κ1) is 8.13. The van der Waals surface area contributed by atoms with Crippen molar-refractivity contribution in [2.45, 2.75) is 12.0 Å². The number of rotatable bonds is 2. The van der Waals surface area contributed by atoms with Crippen molar-refractivity contribution in [3.63, 3.8) is 0 Å². The van der Waals surface area contributed by atoms with Gasteiger partial charge in [-0.25, -0.2) is 0 Å². The van der Waals surface area contributed by atoms with Crippen LogP contribution in [0.3, 0.4) is 0 Å². The lowest BCUT2D eigenvalue weighted by Gasteiger charge is -1.87. The van der Waals surface area contributed by atoms with Gasteiger partial charge in [0.25, 0.3) is 0 Å². The molecule has 0 unspecified atom stereocenters. The normalized spacial score (nSPS) is 10.0. The van der Waals surface area contributed by atoms with E-state index in [1.54, 1.807) is 13.2 Å². The van der Waals surface area contributed by atoms with Gasteiger partial charge in [-0.05, 0) is 13.2 Å². The van der Waals surface area contributed by atoms with Crippen molar-refractivity contribution < 1.29 is 9.34 Å². The van der Waals surface area contributed by atoms with E-state index in [1.807, 2.05) is 0 Å². The minimum atomic E-state index is -0.442. The summed E-state index contributed by atoms with van der Waals surface area (Å²) in [6, 6.07) is 1.42. The molecule has 0 aliphatic rings. The van der Waals surface area contributed by atoms with Crippen LogP contribution in [0.4, 0.5) is 5.69 Å². The van der Waals surface area contributed by atoms with E-state index < -0.39 is 4.92 Å². The molecule has 0 N–H and O–H groups in total. The molecule has 0 fully saturated rings. The zero-order chi connectivity index (χ0) is 8.43. The van der Waals surface area contributed by atoms with Crippen molar-refractivity contribution in [2.75, 3.05) is 6.26 Å². The van der Waals surface area contributed by atoms with Gasteiger partial charge in [-0.2, -0.15) is 0 Å². The van der Waals surface area contributed by atoms with Gasteiger partial charge in [0, 0.05) is 0 Å². The second-order valence-corrected chi connectivity index (χ2v) is 2.77. The lowest BCUT2D eigenvalue weighted by molar-refractivity contribution is -0.388. The highest BCUT2D eigenvalue weighted by Crippen LogP contribution is 2.30. The second kappa shape index (κ2) is 2.96. The molecule has 0 aromatic carbocycles. The first-order valence-electron chi connectivity index (χ1n) is 2.94. The molecule has 60 valence electrons. The van der Waals surface area contributed by atoms with Crippen molar-refractivity contribution in [1.29, 1.82) is 0 Å². The van der Waals surface area contributed by atoms with Gasteiger partial charge in [0.05, 0.1) is 11.0 Å². The summed E-state index contributed by atoms with van der Waals surface area (Å²) in [6.45, 7) is 1.69. The largest absolute Gasteiger partial charge is 0.448 e. The molecule has 4 nitrogen and oxygen atoms in total. The van der Waals surface area contributed by atoms with E-state index in [1.165, 1.54) is 17.8 Å². The fourth-order valence-corrected chi connectivity index (χ4v) is 1.31. The van der Waals surface area contributed by atoms with Gasteiger partial charge in [-0.15, -0.1) is 0 Å². The van der Waals surface area contributed by atoms with E-state index in [2.05, 4.69) is 0 Å². The molecule has 0 saturated carbocycles. The summed E-state index contributed by atoms with van der Waals surface area (Å²) in [6.07, 6.45) is 1.74. The summed E-state index contributed by atoms with van der Waals surface area (Å²) in [5.41, 5.74) is 0.0509. The molecule has 1 rings (SSSR count). The van der Waals surface area contributed by atoms with Crippen molar-refractivity contribution in [2.24, 2.45) is 0 Å². The maximum Gasteiger partial charge on any atom is 0.321 e. The molecule has 0 bridgehead atoms. The first-order chi connectivity index (χ1) is 5.15. The minimum absolute atomic E-state index is 0.0509. The Morgan fingerprint density at radius 1 is 1.73 bits per heavy atom. The average Bonchev–Trinajstić information content (AvgIpc) is 2.30. The number of aryl methyl sites for hydroxylation is 1. The highest BCUT2D eigenvalue weighted by Gasteiger charge is 2.17. The summed E-state index contributed by atoms with van der Waals surface area (Å²) >= 11 is 1.24. The average molecular weight is 173 g/mol. The van der Waals surface area contributed by atoms with Gasteiger partial charge in [-0.3, -0.25) is 10.1 Å². The Bertz CT molecular complexity index is 281. The molecule has 0 atom stereocenters. The predicted octanol–water partition coefficient (Wildman–Crippen LogP) is 2.22. The summed E-state index contributed by atoms with van der Waals surface area (Å²) in [4.78, 5) is 9.88. The quantitative estimate of drug-likeness (QED) is 0.391. The Labute approximate surface area is 67.7 Å². The molecule has 0 aliphatic carbocycles. The maximum atomic E-state index is 10.3. The van der Waals surface area contributed by atoms with Crippen LogP contribution in [0.1, 0.15) is 5.76 Å². The summed E-state index contributed by atoms with van der Waals surface area (Å²) < 4.78 is 5.05. The zero-order valence-corrected chi connectivity index (χ0v) is 6.97. The molecular weight excluding hydrogens is 166 g/mol. The van der Waals surface area contributed by atoms with Gasteiger partial charge < -0.3 is 4.42 Å². The second-order valence-electron chi connectivity index (χ2n) is 1.99. The number of thioether (sulfide) groups is 1. The SMILES string of the molecule is CSc1oc(C)cc1[N+](=O)[O-]. The molecule has 1 heterocycles. The summed E-state index contributed by atoms with van der Waals surface area (Å²) in [5, 5.41) is 10.7. The third-order valence-corrected chi connectivity index (χ3v) is 1.85. The van der Waals surface area contributed by atoms with E-state index in [9.17, 15) is 10.1 Å². The van der Waals surface area contributed by atoms with Crippen LogP contribution in [0.25, 0.3) is 0 Å². The highest BCUT2D eigenvalue weighted by molar-refractivity contribution is 7.98. The van der Waals surface area contributed by atoms with Gasteiger partial charge in [-0.1, -0.05) is 11.8 Å². The van der Waals surface area contributed by atoms with E-state index in [0.717, 1.165) is 0 Å². The molecule has 0 spiro atoms. The molecule has 0 amide bonds. The Morgan fingerprint density at radius 2 is 2.36 bits per heavy atom. The van der Waals surface area contributed by atoms with Crippen molar-refractivity contribution in [3.05, 3.63) is 21.9 Å². The third kappa shape index (κ3) is 1.54. The minimum Gasteiger partial charge on any atom is -0.448 e. The Hall–Kier alpha value is -0.970. The van der Waals surface area contributed by atoms with Crippen molar-refractivity contribution >= 4 is 17.4 Å². The van der Waals surface area contributed by atoms with E-state index >= 15 is 0 Å². The smallest absolute Gasteiger partial charge is 0.321 e. The monoisotopic (exact) mass is 173 g/mol. The number of hydrogen-bond donors (Lipinski definition) is 0. The topological polar surface area (TPSA) is 56.3 Å². The Balaban J connectivity index is 3.12. The summed E-state index contributed by atoms with van der Waals surface area (Å²) in [7, 11) is 0. The van der Waals surface area contributed by atoms with E-state index in [4.69, 9.17) is 4.42 Å². The van der Waals surface area contributed by atoms with Crippen LogP contribution in [0.15, 0.2) is 15.6 Å². The first-order valence-corrected chi connectivity index (χ1v) is 4.16. The molecule has 0 radical (unpaired) electrons. The molecule has 11 heavy (non-hydrogen) atoms. The van der Waals surface area contributed by atoms with Crippen LogP contribution in [-0.4, -0.2) is 11.2 Å². The van der Waals surface area contributed by atoms with E-state index in [-0.39, 0.29) is 5.69 Å². The lowest BCUT2D eigenvalue weighted by atomic mass is 10.5. The van der Waals surface area contributed by atoms with Gasteiger partial charge >= 0.3 is 5.69 Å². The maximum absolute atomic E-state index is 10.3. The number of furan rings is 1. The van der Waals surface area contributed by atoms with Crippen LogP contribution < -0.4 is 0 Å². The predicted molar refractivity (Wildman–Crippen MR) is 41.9 cm³/mol. The molecule has 1 aromatic rings. The van der Waals surface area contributed by atoms with Crippen LogP contribution >= 0.6 is 11.8 Å². The molecule has 0 saturated heterocycles. The Kier molecular flexibility index (Phi) is 2.19.